The Kier molecular flexibility index (Phi) is 15.8. The third kappa shape index (κ3) is 12.4. The van der Waals surface area contributed by atoms with Crippen molar-refractivity contribution in [2.75, 3.05) is 27.2 Å². The maximum Gasteiger partial charge on any atom is 0.410 e. The van der Waals surface area contributed by atoms with Gasteiger partial charge in [0.2, 0.25) is 31.3 Å². The molecule has 2 fully saturated rings. The van der Waals surface area contributed by atoms with Gasteiger partial charge in [-0.25, -0.2) is 0 Å². The molecule has 320 valence electrons. The molecule has 57 heavy (non-hydrogen) atoms. The van der Waals surface area contributed by atoms with Crippen LogP contribution in [0.25, 0.3) is 5.57 Å². The summed E-state index contributed by atoms with van der Waals surface area (Å²) < 4.78 is 65.3. The first-order valence-corrected chi connectivity index (χ1v) is 21.0. The van der Waals surface area contributed by atoms with E-state index in [0.717, 1.165) is 44.2 Å². The zero-order valence-electron chi connectivity index (χ0n) is 35.4. The minimum absolute atomic E-state index is 0.0843. The number of esters is 2. The van der Waals surface area contributed by atoms with Crippen molar-refractivity contribution in [3.63, 3.8) is 0 Å². The number of amides is 3. The van der Waals surface area contributed by atoms with Crippen LogP contribution in [0.5, 0.6) is 0 Å². The quantitative estimate of drug-likeness (QED) is 0.0851. The second-order valence-corrected chi connectivity index (χ2v) is 20.1. The molecular formula is C41H62F2N3O10P. The molecule has 13 nitrogen and oxygen atoms in total. The van der Waals surface area contributed by atoms with Crippen LogP contribution >= 0.6 is 7.60 Å². The molecule has 1 saturated heterocycles. The summed E-state index contributed by atoms with van der Waals surface area (Å²) in [5, 5.41) is 2.82. The predicted octanol–water partition coefficient (Wildman–Crippen LogP) is 7.77. The van der Waals surface area contributed by atoms with Gasteiger partial charge in [-0.15, -0.1) is 0 Å². The lowest BCUT2D eigenvalue weighted by atomic mass is 9.85. The number of rotatable bonds is 14. The van der Waals surface area contributed by atoms with Crippen LogP contribution in [0.3, 0.4) is 0 Å². The normalized spacial score (nSPS) is 18.2. The molecule has 0 aromatic heterocycles. The largest absolute Gasteiger partial charge is 0.438 e. The number of benzene rings is 1. The number of likely N-dealkylation sites (N-methyl/N-ethyl adjacent to an activating group) is 1. The molecule has 1 N–H and O–H groups in total. The second kappa shape index (κ2) is 18.9. The molecule has 0 bridgehead atoms. The molecule has 1 heterocycles. The summed E-state index contributed by atoms with van der Waals surface area (Å²) in [7, 11) is -3.71. The van der Waals surface area contributed by atoms with E-state index in [2.05, 4.69) is 5.32 Å². The van der Waals surface area contributed by atoms with Crippen LogP contribution in [-0.4, -0.2) is 84.8 Å². The zero-order chi connectivity index (χ0) is 43.1. The van der Waals surface area contributed by atoms with Crippen LogP contribution in [0, 0.1) is 16.2 Å². The van der Waals surface area contributed by atoms with Crippen LogP contribution in [-0.2, 0) is 52.7 Å². The van der Waals surface area contributed by atoms with Crippen LogP contribution in [0.4, 0.5) is 8.78 Å². The number of likely N-dealkylation sites (tertiary alicyclic amines) is 1. The molecule has 1 aromatic rings. The number of allylic oxidation sites excluding steroid dienone is 1. The lowest BCUT2D eigenvalue weighted by Crippen LogP contribution is -2.58. The van der Waals surface area contributed by atoms with Gasteiger partial charge in [-0.1, -0.05) is 64.3 Å². The van der Waals surface area contributed by atoms with E-state index >= 15 is 8.78 Å². The number of carbonyl (C=O) groups is 5. The number of nitrogens with one attached hydrogen (secondary N) is 1. The second-order valence-electron chi connectivity index (χ2n) is 18.0. The van der Waals surface area contributed by atoms with E-state index in [-0.39, 0.29) is 17.9 Å². The summed E-state index contributed by atoms with van der Waals surface area (Å²) in [6.07, 6.45) is 7.63. The number of ether oxygens (including phenoxy) is 2. The Hall–Kier alpha value is -3.68. The monoisotopic (exact) mass is 825 g/mol. The lowest BCUT2D eigenvalue weighted by molar-refractivity contribution is -0.163. The van der Waals surface area contributed by atoms with Gasteiger partial charge < -0.3 is 24.6 Å². The summed E-state index contributed by atoms with van der Waals surface area (Å²) in [5.41, 5.74) is -7.13. The Morgan fingerprint density at radius 2 is 1.35 bits per heavy atom. The summed E-state index contributed by atoms with van der Waals surface area (Å²) in [6, 6.07) is 3.08. The molecular weight excluding hydrogens is 763 g/mol. The fourth-order valence-electron chi connectivity index (χ4n) is 6.47. The Morgan fingerprint density at radius 3 is 1.82 bits per heavy atom. The van der Waals surface area contributed by atoms with E-state index in [4.69, 9.17) is 18.5 Å². The molecule has 0 unspecified atom stereocenters. The maximum absolute atomic E-state index is 16.0. The Balaban J connectivity index is 1.78. The topological polar surface area (TPSA) is 158 Å². The van der Waals surface area contributed by atoms with E-state index < -0.39 is 78.6 Å². The third-order valence-corrected chi connectivity index (χ3v) is 12.0. The lowest BCUT2D eigenvalue weighted by Gasteiger charge is -2.38. The van der Waals surface area contributed by atoms with Crippen molar-refractivity contribution in [1.82, 2.24) is 15.1 Å². The highest BCUT2D eigenvalue weighted by Gasteiger charge is 2.56. The highest BCUT2D eigenvalue weighted by molar-refractivity contribution is 7.54. The SMILES string of the molecule is C/C(=C\C(=O)N[C@H](C(=O)N1CCC[C@H]1C(=O)N(C)C1CCCCC1)C(C)(C)C)c1ccc(C(F)(F)P(=O)(OCOC(=O)C(C)(C)C)OCOC(=O)C(C)(C)C)cc1. The van der Waals surface area contributed by atoms with Gasteiger partial charge in [-0.2, -0.15) is 8.78 Å². The van der Waals surface area contributed by atoms with Crippen molar-refractivity contribution in [3.05, 3.63) is 41.5 Å². The van der Waals surface area contributed by atoms with E-state index in [9.17, 15) is 28.5 Å². The molecule has 0 radical (unpaired) electrons. The Bertz CT molecular complexity index is 1650. The standard InChI is InChI=1S/C41H62F2N3O10P/c1-27(24-32(47)44-33(38(2,3)4)35(49)46-23-15-18-31(46)34(48)45(11)30-16-13-12-14-17-30)28-19-21-29(22-20-28)41(42,43)57(52,55-25-53-36(50)39(5,6)7)56-26-54-37(51)40(8,9)10/h19-22,24,30-31,33H,12-18,23,25-26H2,1-11H3,(H,44,47)/b27-24+/t31-,33+/m0/s1. The average Bonchev–Trinajstić information content (AvgIpc) is 3.62. The van der Waals surface area contributed by atoms with Crippen LogP contribution in [0.15, 0.2) is 30.3 Å². The van der Waals surface area contributed by atoms with E-state index in [1.54, 1.807) is 16.7 Å². The highest BCUT2D eigenvalue weighted by Crippen LogP contribution is 2.67. The Morgan fingerprint density at radius 1 is 0.842 bits per heavy atom. The average molecular weight is 826 g/mol. The summed E-state index contributed by atoms with van der Waals surface area (Å²) in [4.78, 5) is 68.9. The number of alkyl halides is 2. The van der Waals surface area contributed by atoms with Gasteiger partial charge >= 0.3 is 25.2 Å². The van der Waals surface area contributed by atoms with Gasteiger partial charge in [-0.05, 0) is 90.7 Å². The van der Waals surface area contributed by atoms with Crippen LogP contribution < -0.4 is 5.32 Å². The van der Waals surface area contributed by atoms with Crippen molar-refractivity contribution in [2.45, 2.75) is 138 Å². The summed E-state index contributed by atoms with van der Waals surface area (Å²) in [5.74, 6) is -2.65. The minimum atomic E-state index is -5.52. The van der Waals surface area contributed by atoms with Crippen molar-refractivity contribution in [3.8, 4) is 0 Å². The molecule has 2 atom stereocenters. The first-order chi connectivity index (χ1) is 26.2. The number of carbonyl (C=O) groups excluding carboxylic acids is 5. The van der Waals surface area contributed by atoms with Crippen molar-refractivity contribution in [2.24, 2.45) is 16.2 Å². The highest BCUT2D eigenvalue weighted by atomic mass is 31.2. The van der Waals surface area contributed by atoms with Gasteiger partial charge in [-0.3, -0.25) is 37.6 Å². The zero-order valence-corrected chi connectivity index (χ0v) is 36.3. The van der Waals surface area contributed by atoms with Crippen LogP contribution in [0.1, 0.15) is 125 Å². The molecule has 3 amide bonds. The number of hydrogen-bond acceptors (Lipinski definition) is 10. The molecule has 0 spiro atoms. The van der Waals surface area contributed by atoms with Crippen LogP contribution in [0.2, 0.25) is 0 Å². The molecule has 1 aromatic carbocycles. The third-order valence-electron chi connectivity index (χ3n) is 10.1. The number of hydrogen-bond donors (Lipinski definition) is 1. The minimum Gasteiger partial charge on any atom is -0.438 e. The fourth-order valence-corrected chi connectivity index (χ4v) is 7.72. The summed E-state index contributed by atoms with van der Waals surface area (Å²) >= 11 is 0. The molecule has 1 aliphatic carbocycles. The van der Waals surface area contributed by atoms with Crippen molar-refractivity contribution in [1.29, 1.82) is 0 Å². The molecule has 1 aliphatic heterocycles. The van der Waals surface area contributed by atoms with Gasteiger partial charge in [0, 0.05) is 31.3 Å². The van der Waals surface area contributed by atoms with E-state index in [1.807, 2.05) is 27.8 Å². The Labute approximate surface area is 336 Å². The molecule has 1 saturated carbocycles. The van der Waals surface area contributed by atoms with E-state index in [1.165, 1.54) is 59.8 Å². The van der Waals surface area contributed by atoms with Crippen molar-refractivity contribution < 1.29 is 55.8 Å². The summed E-state index contributed by atoms with van der Waals surface area (Å²) in [6.45, 7) is 14.4. The number of nitrogens with zero attached hydrogens (tertiary/aromatic N) is 2. The van der Waals surface area contributed by atoms with Gasteiger partial charge in [0.05, 0.1) is 10.8 Å². The first-order valence-electron chi connectivity index (χ1n) is 19.5. The van der Waals surface area contributed by atoms with Gasteiger partial charge in [0.1, 0.15) is 12.1 Å². The predicted molar refractivity (Wildman–Crippen MR) is 210 cm³/mol. The fraction of sp³-hybridized carbons (Fsp3) is 0.683. The van der Waals surface area contributed by atoms with Crippen molar-refractivity contribution >= 4 is 42.8 Å². The first kappa shape index (κ1) is 47.7. The maximum atomic E-state index is 16.0. The number of halogens is 2. The van der Waals surface area contributed by atoms with Gasteiger partial charge in [0.15, 0.2) is 0 Å². The smallest absolute Gasteiger partial charge is 0.410 e. The van der Waals surface area contributed by atoms with Gasteiger partial charge in [0.25, 0.3) is 0 Å². The molecule has 2 aliphatic rings. The van der Waals surface area contributed by atoms with E-state index in [0.29, 0.717) is 30.5 Å². The molecule has 16 heteroatoms. The molecule has 3 rings (SSSR count).